The van der Waals surface area contributed by atoms with Crippen LogP contribution < -0.4 is 10.2 Å². The van der Waals surface area contributed by atoms with Crippen LogP contribution >= 0.6 is 15.9 Å². The monoisotopic (exact) mass is 335 g/mol. The molecule has 1 amide bonds. The van der Waals surface area contributed by atoms with Crippen LogP contribution in [-0.4, -0.2) is 24.5 Å². The molecule has 0 aromatic heterocycles. The van der Waals surface area contributed by atoms with Gasteiger partial charge in [-0.15, -0.1) is 0 Å². The lowest BCUT2D eigenvalue weighted by Gasteiger charge is -2.25. The number of nitriles is 1. The van der Waals surface area contributed by atoms with E-state index in [9.17, 15) is 4.79 Å². The highest BCUT2D eigenvalue weighted by Gasteiger charge is 2.30. The lowest BCUT2D eigenvalue weighted by atomic mass is 10.1. The third-order valence-electron chi connectivity index (χ3n) is 3.58. The standard InChI is InChI=1S/C15H18BrN3O/c1-10-9-12(16)3-4-14(10)19-8-6-11(2)18-13(5-7-17)15(19)20/h3-4,9,11,13,18H,5-6,8H2,1-2H3. The molecule has 1 fully saturated rings. The lowest BCUT2D eigenvalue weighted by Crippen LogP contribution is -2.45. The topological polar surface area (TPSA) is 56.1 Å². The Bertz CT molecular complexity index is 553. The molecule has 0 bridgehead atoms. The van der Waals surface area contributed by atoms with E-state index >= 15 is 0 Å². The number of amides is 1. The normalized spacial score (nSPS) is 23.3. The van der Waals surface area contributed by atoms with E-state index < -0.39 is 6.04 Å². The van der Waals surface area contributed by atoms with Crippen molar-refractivity contribution in [1.29, 1.82) is 5.26 Å². The summed E-state index contributed by atoms with van der Waals surface area (Å²) >= 11 is 3.44. The predicted molar refractivity (Wildman–Crippen MR) is 82.5 cm³/mol. The summed E-state index contributed by atoms with van der Waals surface area (Å²) in [4.78, 5) is 14.4. The largest absolute Gasteiger partial charge is 0.311 e. The molecule has 1 aliphatic heterocycles. The Hall–Kier alpha value is -1.38. The fourth-order valence-corrected chi connectivity index (χ4v) is 2.99. The average Bonchev–Trinajstić information content (AvgIpc) is 2.52. The van der Waals surface area contributed by atoms with Crippen molar-refractivity contribution in [2.75, 3.05) is 11.4 Å². The summed E-state index contributed by atoms with van der Waals surface area (Å²) in [6, 6.07) is 7.81. The maximum absolute atomic E-state index is 12.6. The van der Waals surface area contributed by atoms with Crippen LogP contribution in [0.1, 0.15) is 25.3 Å². The van der Waals surface area contributed by atoms with Gasteiger partial charge in [0.25, 0.3) is 0 Å². The highest BCUT2D eigenvalue weighted by molar-refractivity contribution is 9.10. The highest BCUT2D eigenvalue weighted by Crippen LogP contribution is 2.26. The van der Waals surface area contributed by atoms with E-state index in [1.165, 1.54) is 0 Å². The zero-order chi connectivity index (χ0) is 14.7. The number of anilines is 1. The van der Waals surface area contributed by atoms with Crippen LogP contribution in [0.5, 0.6) is 0 Å². The lowest BCUT2D eigenvalue weighted by molar-refractivity contribution is -0.120. The molecule has 4 nitrogen and oxygen atoms in total. The zero-order valence-corrected chi connectivity index (χ0v) is 13.3. The van der Waals surface area contributed by atoms with E-state index in [2.05, 4.69) is 34.2 Å². The van der Waals surface area contributed by atoms with Gasteiger partial charge in [-0.3, -0.25) is 4.79 Å². The van der Waals surface area contributed by atoms with Gasteiger partial charge in [-0.05, 0) is 44.0 Å². The molecular weight excluding hydrogens is 318 g/mol. The van der Waals surface area contributed by atoms with Crippen molar-refractivity contribution < 1.29 is 4.79 Å². The molecule has 1 N–H and O–H groups in total. The Kier molecular flexibility index (Phi) is 4.79. The van der Waals surface area contributed by atoms with Gasteiger partial charge < -0.3 is 10.2 Å². The van der Waals surface area contributed by atoms with Gasteiger partial charge in [-0.1, -0.05) is 15.9 Å². The molecule has 1 aromatic carbocycles. The van der Waals surface area contributed by atoms with E-state index in [-0.39, 0.29) is 18.4 Å². The second kappa shape index (κ2) is 6.38. The van der Waals surface area contributed by atoms with Gasteiger partial charge in [0.2, 0.25) is 5.91 Å². The van der Waals surface area contributed by atoms with Crippen molar-refractivity contribution in [3.63, 3.8) is 0 Å². The summed E-state index contributed by atoms with van der Waals surface area (Å²) in [5.41, 5.74) is 1.98. The molecule has 1 aromatic rings. The van der Waals surface area contributed by atoms with Crippen LogP contribution in [0, 0.1) is 18.3 Å². The molecule has 5 heteroatoms. The van der Waals surface area contributed by atoms with E-state index in [0.717, 1.165) is 22.1 Å². The van der Waals surface area contributed by atoms with Gasteiger partial charge in [0.15, 0.2) is 0 Å². The van der Waals surface area contributed by atoms with Gasteiger partial charge in [0, 0.05) is 22.7 Å². The van der Waals surface area contributed by atoms with Crippen molar-refractivity contribution in [2.45, 2.75) is 38.8 Å². The van der Waals surface area contributed by atoms with Gasteiger partial charge in [-0.25, -0.2) is 0 Å². The molecular formula is C15H18BrN3O. The Morgan fingerprint density at radius 1 is 1.55 bits per heavy atom. The summed E-state index contributed by atoms with van der Waals surface area (Å²) in [5.74, 6) is -0.0127. The first-order chi connectivity index (χ1) is 9.52. The Balaban J connectivity index is 2.33. The maximum atomic E-state index is 12.6. The first-order valence-corrected chi connectivity index (χ1v) is 7.52. The number of carbonyl (C=O) groups excluding carboxylic acids is 1. The Labute approximate surface area is 127 Å². The number of benzene rings is 1. The van der Waals surface area contributed by atoms with E-state index in [0.29, 0.717) is 6.54 Å². The third kappa shape index (κ3) is 3.20. The summed E-state index contributed by atoms with van der Waals surface area (Å²) in [5, 5.41) is 12.1. The van der Waals surface area contributed by atoms with Crippen molar-refractivity contribution >= 4 is 27.5 Å². The molecule has 2 rings (SSSR count). The van der Waals surface area contributed by atoms with Crippen LogP contribution in [0.25, 0.3) is 0 Å². The Morgan fingerprint density at radius 2 is 2.30 bits per heavy atom. The quantitative estimate of drug-likeness (QED) is 0.904. The second-order valence-corrected chi connectivity index (χ2v) is 6.11. The number of rotatable bonds is 2. The molecule has 1 aliphatic rings. The van der Waals surface area contributed by atoms with Crippen molar-refractivity contribution in [3.05, 3.63) is 28.2 Å². The second-order valence-electron chi connectivity index (χ2n) is 5.19. The Morgan fingerprint density at radius 3 is 2.95 bits per heavy atom. The molecule has 1 saturated heterocycles. The smallest absolute Gasteiger partial charge is 0.245 e. The summed E-state index contributed by atoms with van der Waals surface area (Å²) in [6.45, 7) is 4.72. The van der Waals surface area contributed by atoms with Crippen LogP contribution in [0.15, 0.2) is 22.7 Å². The average molecular weight is 336 g/mol. The molecule has 2 unspecified atom stereocenters. The van der Waals surface area contributed by atoms with Gasteiger partial charge >= 0.3 is 0 Å². The van der Waals surface area contributed by atoms with E-state index in [1.807, 2.05) is 25.1 Å². The molecule has 0 radical (unpaired) electrons. The number of halogens is 1. The van der Waals surface area contributed by atoms with Crippen LogP contribution in [0.4, 0.5) is 5.69 Å². The first-order valence-electron chi connectivity index (χ1n) is 6.73. The fraction of sp³-hybridized carbons (Fsp3) is 0.467. The molecule has 0 spiro atoms. The number of carbonyl (C=O) groups is 1. The summed E-state index contributed by atoms with van der Waals surface area (Å²) < 4.78 is 1.00. The van der Waals surface area contributed by atoms with Gasteiger partial charge in [0.1, 0.15) is 6.04 Å². The number of nitrogens with one attached hydrogen (secondary N) is 1. The minimum absolute atomic E-state index is 0.0127. The SMILES string of the molecule is Cc1cc(Br)ccc1N1CCC(C)NC(CC#N)C1=O. The van der Waals surface area contributed by atoms with Crippen molar-refractivity contribution in [1.82, 2.24) is 5.32 Å². The summed E-state index contributed by atoms with van der Waals surface area (Å²) in [6.07, 6.45) is 1.08. The zero-order valence-electron chi connectivity index (χ0n) is 11.7. The van der Waals surface area contributed by atoms with Crippen molar-refractivity contribution in [3.8, 4) is 6.07 Å². The van der Waals surface area contributed by atoms with Crippen molar-refractivity contribution in [2.24, 2.45) is 0 Å². The van der Waals surface area contributed by atoms with Crippen LogP contribution in [0.3, 0.4) is 0 Å². The van der Waals surface area contributed by atoms with Crippen LogP contribution in [0.2, 0.25) is 0 Å². The molecule has 20 heavy (non-hydrogen) atoms. The molecule has 0 aliphatic carbocycles. The number of hydrogen-bond acceptors (Lipinski definition) is 3. The minimum atomic E-state index is -0.416. The summed E-state index contributed by atoms with van der Waals surface area (Å²) in [7, 11) is 0. The number of aryl methyl sites for hydroxylation is 1. The van der Waals surface area contributed by atoms with E-state index in [1.54, 1.807) is 4.90 Å². The van der Waals surface area contributed by atoms with Gasteiger partial charge in [-0.2, -0.15) is 5.26 Å². The third-order valence-corrected chi connectivity index (χ3v) is 4.07. The van der Waals surface area contributed by atoms with E-state index in [4.69, 9.17) is 5.26 Å². The molecule has 106 valence electrons. The molecule has 1 heterocycles. The number of hydrogen-bond donors (Lipinski definition) is 1. The predicted octanol–water partition coefficient (Wildman–Crippen LogP) is 2.75. The molecule has 2 atom stereocenters. The van der Waals surface area contributed by atoms with Crippen LogP contribution in [-0.2, 0) is 4.79 Å². The fourth-order valence-electron chi connectivity index (χ4n) is 2.52. The first kappa shape index (κ1) is 15.0. The van der Waals surface area contributed by atoms with Gasteiger partial charge in [0.05, 0.1) is 12.5 Å². The number of nitrogens with zero attached hydrogens (tertiary/aromatic N) is 2. The molecule has 0 saturated carbocycles. The maximum Gasteiger partial charge on any atom is 0.245 e. The minimum Gasteiger partial charge on any atom is -0.311 e. The highest BCUT2D eigenvalue weighted by atomic mass is 79.9.